The summed E-state index contributed by atoms with van der Waals surface area (Å²) in [5.74, 6) is -0.310. The molecule has 0 saturated carbocycles. The quantitative estimate of drug-likeness (QED) is 0.0889. The fraction of sp³-hybridized carbons (Fsp3) is 0.964. The van der Waals surface area contributed by atoms with Gasteiger partial charge < -0.3 is 34.6 Å². The summed E-state index contributed by atoms with van der Waals surface area (Å²) in [6.45, 7) is 1.47. The third-order valence-corrected chi connectivity index (χ3v) is 6.12. The summed E-state index contributed by atoms with van der Waals surface area (Å²) in [6.07, 6.45) is 18.1. The molecule has 0 amide bonds. The lowest BCUT2D eigenvalue weighted by Crippen LogP contribution is -2.29. The van der Waals surface area contributed by atoms with E-state index in [0.717, 1.165) is 19.3 Å². The number of aliphatic hydroxyl groups excluding tert-OH is 4. The first-order valence-corrected chi connectivity index (χ1v) is 14.5. The molecule has 0 aromatic rings. The van der Waals surface area contributed by atoms with E-state index in [2.05, 4.69) is 6.92 Å². The predicted octanol–water partition coefficient (Wildman–Crippen LogP) is 4.29. The van der Waals surface area contributed by atoms with Crippen LogP contribution in [0, 0.1) is 0 Å². The Morgan fingerprint density at radius 3 is 1.33 bits per heavy atom. The van der Waals surface area contributed by atoms with Crippen molar-refractivity contribution in [3.63, 3.8) is 0 Å². The molecule has 0 rings (SSSR count). The molecular formula is C28H56O8. The van der Waals surface area contributed by atoms with Crippen LogP contribution in [-0.2, 0) is 19.0 Å². The van der Waals surface area contributed by atoms with Crippen LogP contribution in [0.4, 0.5) is 0 Å². The van der Waals surface area contributed by atoms with Crippen LogP contribution in [0.2, 0.25) is 0 Å². The van der Waals surface area contributed by atoms with E-state index in [0.29, 0.717) is 6.42 Å². The van der Waals surface area contributed by atoms with Gasteiger partial charge >= 0.3 is 5.97 Å². The van der Waals surface area contributed by atoms with Crippen LogP contribution in [0.1, 0.15) is 116 Å². The Balaban J connectivity index is 3.37. The van der Waals surface area contributed by atoms with Gasteiger partial charge in [-0.15, -0.1) is 0 Å². The van der Waals surface area contributed by atoms with Gasteiger partial charge in [0.15, 0.2) is 0 Å². The Morgan fingerprint density at radius 2 is 0.917 bits per heavy atom. The van der Waals surface area contributed by atoms with Gasteiger partial charge in [0, 0.05) is 6.42 Å². The molecule has 8 heteroatoms. The zero-order valence-corrected chi connectivity index (χ0v) is 22.9. The number of esters is 1. The molecule has 0 fully saturated rings. The molecule has 0 aliphatic rings. The van der Waals surface area contributed by atoms with Gasteiger partial charge in [-0.05, 0) is 6.42 Å². The van der Waals surface area contributed by atoms with Crippen LogP contribution in [0.5, 0.6) is 0 Å². The minimum absolute atomic E-state index is 0.0541. The first-order chi connectivity index (χ1) is 17.5. The Kier molecular flexibility index (Phi) is 26.7. The van der Waals surface area contributed by atoms with Crippen molar-refractivity contribution in [1.29, 1.82) is 0 Å². The molecule has 0 spiro atoms. The molecule has 0 aliphatic carbocycles. The number of ether oxygens (including phenoxy) is 3. The summed E-state index contributed by atoms with van der Waals surface area (Å²) >= 11 is 0. The topological polar surface area (TPSA) is 126 Å². The number of hydrogen-bond acceptors (Lipinski definition) is 8. The summed E-state index contributed by atoms with van der Waals surface area (Å²) < 4.78 is 15.3. The molecule has 4 N–H and O–H groups in total. The van der Waals surface area contributed by atoms with Crippen molar-refractivity contribution in [3.05, 3.63) is 0 Å². The molecule has 0 aliphatic heterocycles. The lowest BCUT2D eigenvalue weighted by molar-refractivity contribution is -0.148. The molecule has 0 aromatic heterocycles. The maximum Gasteiger partial charge on any atom is 0.305 e. The van der Waals surface area contributed by atoms with Crippen molar-refractivity contribution in [2.45, 2.75) is 134 Å². The molecule has 3 unspecified atom stereocenters. The molecule has 0 heterocycles. The standard InChI is InChI=1S/C28H56O8/c1-2-3-4-5-6-7-8-9-10-11-12-13-14-15-16-17-18-28(33)36-24-27(32)23-35-22-26(31)21-34-20-25(30)19-29/h25-27,29-32H,2-24H2,1H3. The number of unbranched alkanes of at least 4 members (excludes halogenated alkanes) is 15. The van der Waals surface area contributed by atoms with E-state index in [4.69, 9.17) is 24.4 Å². The van der Waals surface area contributed by atoms with Gasteiger partial charge in [0.2, 0.25) is 0 Å². The van der Waals surface area contributed by atoms with E-state index in [1.807, 2.05) is 0 Å². The average molecular weight is 521 g/mol. The predicted molar refractivity (Wildman–Crippen MR) is 142 cm³/mol. The second-order valence-electron chi connectivity index (χ2n) is 9.96. The van der Waals surface area contributed by atoms with Crippen molar-refractivity contribution < 1.29 is 39.4 Å². The van der Waals surface area contributed by atoms with Crippen molar-refractivity contribution in [2.24, 2.45) is 0 Å². The fourth-order valence-corrected chi connectivity index (χ4v) is 3.91. The van der Waals surface area contributed by atoms with E-state index >= 15 is 0 Å². The van der Waals surface area contributed by atoms with Gasteiger partial charge in [-0.25, -0.2) is 0 Å². The highest BCUT2D eigenvalue weighted by atomic mass is 16.6. The molecule has 0 aromatic carbocycles. The number of carbonyl (C=O) groups excluding carboxylic acids is 1. The van der Waals surface area contributed by atoms with Crippen LogP contribution in [0.3, 0.4) is 0 Å². The van der Waals surface area contributed by atoms with E-state index in [9.17, 15) is 15.0 Å². The van der Waals surface area contributed by atoms with Crippen LogP contribution in [0.25, 0.3) is 0 Å². The van der Waals surface area contributed by atoms with Crippen molar-refractivity contribution >= 4 is 5.97 Å². The lowest BCUT2D eigenvalue weighted by atomic mass is 10.0. The Labute approximate surface area is 219 Å². The lowest BCUT2D eigenvalue weighted by Gasteiger charge is -2.15. The van der Waals surface area contributed by atoms with Gasteiger partial charge in [0.1, 0.15) is 24.9 Å². The van der Waals surface area contributed by atoms with E-state index < -0.39 is 24.9 Å². The number of carbonyl (C=O) groups is 1. The minimum atomic E-state index is -0.978. The third kappa shape index (κ3) is 26.3. The second kappa shape index (κ2) is 27.3. The van der Waals surface area contributed by atoms with E-state index in [1.165, 1.54) is 83.5 Å². The van der Waals surface area contributed by atoms with E-state index in [1.54, 1.807) is 0 Å². The van der Waals surface area contributed by atoms with E-state index in [-0.39, 0.29) is 39.0 Å². The van der Waals surface area contributed by atoms with Gasteiger partial charge in [-0.1, -0.05) is 103 Å². The van der Waals surface area contributed by atoms with Crippen molar-refractivity contribution in [2.75, 3.05) is 39.6 Å². The van der Waals surface area contributed by atoms with Gasteiger partial charge in [0.25, 0.3) is 0 Å². The molecule has 36 heavy (non-hydrogen) atoms. The Hall–Kier alpha value is -0.770. The molecule has 216 valence electrons. The molecule has 8 nitrogen and oxygen atoms in total. The SMILES string of the molecule is CCCCCCCCCCCCCCCCCCC(=O)OCC(O)COCC(O)COCC(O)CO. The van der Waals surface area contributed by atoms with Crippen LogP contribution in [-0.4, -0.2) is 84.3 Å². The second-order valence-corrected chi connectivity index (χ2v) is 9.96. The van der Waals surface area contributed by atoms with Crippen molar-refractivity contribution in [1.82, 2.24) is 0 Å². The first kappa shape index (κ1) is 35.2. The maximum atomic E-state index is 11.8. The minimum Gasteiger partial charge on any atom is -0.463 e. The van der Waals surface area contributed by atoms with Gasteiger partial charge in [-0.2, -0.15) is 0 Å². The average Bonchev–Trinajstić information content (AvgIpc) is 2.87. The van der Waals surface area contributed by atoms with Crippen LogP contribution >= 0.6 is 0 Å². The Morgan fingerprint density at radius 1 is 0.556 bits per heavy atom. The first-order valence-electron chi connectivity index (χ1n) is 14.5. The monoisotopic (exact) mass is 520 g/mol. The summed E-state index contributed by atoms with van der Waals surface area (Å²) in [5.41, 5.74) is 0. The van der Waals surface area contributed by atoms with Crippen LogP contribution < -0.4 is 0 Å². The molecule has 3 atom stereocenters. The highest BCUT2D eigenvalue weighted by Gasteiger charge is 2.12. The highest BCUT2D eigenvalue weighted by Crippen LogP contribution is 2.14. The number of aliphatic hydroxyl groups is 4. The van der Waals surface area contributed by atoms with Gasteiger partial charge in [0.05, 0.1) is 33.0 Å². The number of rotatable bonds is 28. The zero-order valence-electron chi connectivity index (χ0n) is 22.9. The number of hydrogen-bond donors (Lipinski definition) is 4. The summed E-state index contributed by atoms with van der Waals surface area (Å²) in [6, 6.07) is 0. The zero-order chi connectivity index (χ0) is 26.7. The van der Waals surface area contributed by atoms with Gasteiger partial charge in [-0.3, -0.25) is 4.79 Å². The third-order valence-electron chi connectivity index (χ3n) is 6.12. The van der Waals surface area contributed by atoms with Crippen molar-refractivity contribution in [3.8, 4) is 0 Å². The molecule has 0 saturated heterocycles. The largest absolute Gasteiger partial charge is 0.463 e. The normalized spacial score (nSPS) is 14.0. The van der Waals surface area contributed by atoms with Crippen LogP contribution in [0.15, 0.2) is 0 Å². The highest BCUT2D eigenvalue weighted by molar-refractivity contribution is 5.69. The summed E-state index contributed by atoms with van der Waals surface area (Å²) in [4.78, 5) is 11.8. The summed E-state index contributed by atoms with van der Waals surface area (Å²) in [5, 5.41) is 37.3. The molecule has 0 radical (unpaired) electrons. The maximum absolute atomic E-state index is 11.8. The molecule has 0 bridgehead atoms. The molecular weight excluding hydrogens is 464 g/mol. The Bertz CT molecular complexity index is 463. The fourth-order valence-electron chi connectivity index (χ4n) is 3.91. The summed E-state index contributed by atoms with van der Waals surface area (Å²) in [7, 11) is 0. The smallest absolute Gasteiger partial charge is 0.305 e.